The molecule has 2 amide bonds. The lowest BCUT2D eigenvalue weighted by Crippen LogP contribution is -2.28. The molecular formula is C24H25ClN2O2S. The highest BCUT2D eigenvalue weighted by molar-refractivity contribution is 8.00. The molecule has 0 saturated carbocycles. The minimum absolute atomic E-state index is 0.0438. The SMILES string of the molecule is O=C(NCC1=CCCCC1)c1ccc([C@@H]2SCC(=O)N2Cc2ccc(Cl)cc2)cc1. The molecule has 0 aromatic heterocycles. The number of hydrogen-bond donors (Lipinski definition) is 1. The van der Waals surface area contributed by atoms with Crippen LogP contribution >= 0.6 is 23.4 Å². The Hall–Kier alpha value is -2.24. The van der Waals surface area contributed by atoms with E-state index in [4.69, 9.17) is 11.6 Å². The van der Waals surface area contributed by atoms with Gasteiger partial charge in [0.25, 0.3) is 5.91 Å². The lowest BCUT2D eigenvalue weighted by atomic mass is 9.99. The van der Waals surface area contributed by atoms with Crippen molar-refractivity contribution < 1.29 is 9.59 Å². The van der Waals surface area contributed by atoms with E-state index in [0.29, 0.717) is 29.4 Å². The second-order valence-electron chi connectivity index (χ2n) is 7.72. The second-order valence-corrected chi connectivity index (χ2v) is 9.23. The standard InChI is InChI=1S/C24H25ClN2O2S/c25-21-12-6-18(7-13-21)15-27-22(28)16-30-24(27)20-10-8-19(9-11-20)23(29)26-14-17-4-2-1-3-5-17/h4,6-13,24H,1-3,5,14-16H2,(H,26,29)/t24-/m0/s1. The highest BCUT2D eigenvalue weighted by Crippen LogP contribution is 2.39. The van der Waals surface area contributed by atoms with Crippen LogP contribution in [0.5, 0.6) is 0 Å². The van der Waals surface area contributed by atoms with Gasteiger partial charge in [0, 0.05) is 23.7 Å². The van der Waals surface area contributed by atoms with E-state index in [1.807, 2.05) is 53.4 Å². The van der Waals surface area contributed by atoms with Gasteiger partial charge in [0.05, 0.1) is 5.75 Å². The lowest BCUT2D eigenvalue weighted by molar-refractivity contribution is -0.128. The van der Waals surface area contributed by atoms with E-state index in [0.717, 1.165) is 24.0 Å². The average molecular weight is 441 g/mol. The summed E-state index contributed by atoms with van der Waals surface area (Å²) in [5.41, 5.74) is 4.05. The first kappa shape index (κ1) is 21.0. The van der Waals surface area contributed by atoms with Gasteiger partial charge in [-0.15, -0.1) is 11.8 Å². The number of thioether (sulfide) groups is 1. The number of nitrogens with one attached hydrogen (secondary N) is 1. The van der Waals surface area contributed by atoms with Gasteiger partial charge in [-0.3, -0.25) is 9.59 Å². The number of carbonyl (C=O) groups excluding carboxylic acids is 2. The summed E-state index contributed by atoms with van der Waals surface area (Å²) in [6.07, 6.45) is 6.90. The van der Waals surface area contributed by atoms with Gasteiger partial charge < -0.3 is 10.2 Å². The largest absolute Gasteiger partial charge is 0.348 e. The summed E-state index contributed by atoms with van der Waals surface area (Å²) in [6.45, 7) is 1.17. The van der Waals surface area contributed by atoms with E-state index in [-0.39, 0.29) is 17.2 Å². The van der Waals surface area contributed by atoms with Crippen LogP contribution in [0.2, 0.25) is 5.02 Å². The number of amides is 2. The molecule has 2 aromatic rings. The first-order chi connectivity index (χ1) is 14.6. The zero-order valence-corrected chi connectivity index (χ0v) is 18.3. The molecule has 156 valence electrons. The van der Waals surface area contributed by atoms with Crippen molar-refractivity contribution in [1.29, 1.82) is 0 Å². The third kappa shape index (κ3) is 5.08. The minimum Gasteiger partial charge on any atom is -0.348 e. The molecule has 2 aliphatic rings. The summed E-state index contributed by atoms with van der Waals surface area (Å²) in [4.78, 5) is 26.8. The Kier molecular flexibility index (Phi) is 6.80. The highest BCUT2D eigenvalue weighted by Gasteiger charge is 2.32. The number of allylic oxidation sites excluding steroid dienone is 1. The third-order valence-electron chi connectivity index (χ3n) is 5.55. The van der Waals surface area contributed by atoms with Crippen LogP contribution in [-0.4, -0.2) is 29.0 Å². The van der Waals surface area contributed by atoms with Crippen molar-refractivity contribution in [3.8, 4) is 0 Å². The Morgan fingerprint density at radius 1 is 1.10 bits per heavy atom. The van der Waals surface area contributed by atoms with Gasteiger partial charge in [-0.1, -0.05) is 47.5 Å². The Bertz CT molecular complexity index is 941. The molecule has 1 aliphatic carbocycles. The molecule has 1 saturated heterocycles. The molecule has 1 N–H and O–H groups in total. The Balaban J connectivity index is 1.40. The van der Waals surface area contributed by atoms with Gasteiger partial charge in [-0.2, -0.15) is 0 Å². The minimum atomic E-state index is -0.0544. The monoisotopic (exact) mass is 440 g/mol. The molecule has 0 bridgehead atoms. The van der Waals surface area contributed by atoms with Crippen molar-refractivity contribution in [3.63, 3.8) is 0 Å². The molecular weight excluding hydrogens is 416 g/mol. The van der Waals surface area contributed by atoms with Crippen LogP contribution in [0.3, 0.4) is 0 Å². The molecule has 0 unspecified atom stereocenters. The summed E-state index contributed by atoms with van der Waals surface area (Å²) in [6, 6.07) is 15.2. The first-order valence-corrected chi connectivity index (χ1v) is 11.7. The predicted octanol–water partition coefficient (Wildman–Crippen LogP) is 5.34. The zero-order valence-electron chi connectivity index (χ0n) is 16.8. The topological polar surface area (TPSA) is 49.4 Å². The molecule has 30 heavy (non-hydrogen) atoms. The van der Waals surface area contributed by atoms with Crippen molar-refractivity contribution in [1.82, 2.24) is 10.2 Å². The Labute approximate surface area is 186 Å². The normalized spacial score (nSPS) is 19.0. The van der Waals surface area contributed by atoms with Crippen molar-refractivity contribution >= 4 is 35.2 Å². The van der Waals surface area contributed by atoms with E-state index in [9.17, 15) is 9.59 Å². The molecule has 4 rings (SSSR count). The number of carbonyl (C=O) groups is 2. The molecule has 2 aromatic carbocycles. The Morgan fingerprint density at radius 2 is 1.87 bits per heavy atom. The summed E-state index contributed by atoms with van der Waals surface area (Å²) in [7, 11) is 0. The van der Waals surface area contributed by atoms with E-state index in [2.05, 4.69) is 11.4 Å². The first-order valence-electron chi connectivity index (χ1n) is 10.3. The van der Waals surface area contributed by atoms with Crippen LogP contribution < -0.4 is 5.32 Å². The van der Waals surface area contributed by atoms with Gasteiger partial charge in [0.15, 0.2) is 0 Å². The number of benzene rings is 2. The second kappa shape index (κ2) is 9.71. The van der Waals surface area contributed by atoms with Crippen molar-refractivity contribution in [2.45, 2.75) is 37.6 Å². The van der Waals surface area contributed by atoms with Crippen molar-refractivity contribution in [2.24, 2.45) is 0 Å². The average Bonchev–Trinajstić information content (AvgIpc) is 3.14. The van der Waals surface area contributed by atoms with Crippen LogP contribution in [0.15, 0.2) is 60.2 Å². The maximum absolute atomic E-state index is 12.5. The zero-order chi connectivity index (χ0) is 20.9. The molecule has 6 heteroatoms. The molecule has 4 nitrogen and oxygen atoms in total. The number of halogens is 1. The molecule has 1 heterocycles. The number of nitrogens with zero attached hydrogens (tertiary/aromatic N) is 1. The van der Waals surface area contributed by atoms with Crippen LogP contribution in [0.1, 0.15) is 52.5 Å². The summed E-state index contributed by atoms with van der Waals surface area (Å²) in [5.74, 6) is 0.541. The van der Waals surface area contributed by atoms with Gasteiger partial charge in [-0.25, -0.2) is 0 Å². The van der Waals surface area contributed by atoms with E-state index in [1.165, 1.54) is 18.4 Å². The molecule has 1 fully saturated rings. The van der Waals surface area contributed by atoms with Crippen LogP contribution in [0, 0.1) is 0 Å². The predicted molar refractivity (Wildman–Crippen MR) is 123 cm³/mol. The fourth-order valence-corrected chi connectivity index (χ4v) is 5.16. The summed E-state index contributed by atoms with van der Waals surface area (Å²) >= 11 is 7.59. The van der Waals surface area contributed by atoms with Gasteiger partial charge in [0.2, 0.25) is 5.91 Å². The quantitative estimate of drug-likeness (QED) is 0.616. The summed E-state index contributed by atoms with van der Waals surface area (Å²) < 4.78 is 0. The highest BCUT2D eigenvalue weighted by atomic mass is 35.5. The van der Waals surface area contributed by atoms with Gasteiger partial charge >= 0.3 is 0 Å². The Morgan fingerprint density at radius 3 is 2.57 bits per heavy atom. The summed E-state index contributed by atoms with van der Waals surface area (Å²) in [5, 5.41) is 3.67. The fourth-order valence-electron chi connectivity index (χ4n) is 3.85. The third-order valence-corrected chi connectivity index (χ3v) is 7.06. The van der Waals surface area contributed by atoms with Gasteiger partial charge in [0.1, 0.15) is 5.37 Å². The van der Waals surface area contributed by atoms with Crippen molar-refractivity contribution in [2.75, 3.05) is 12.3 Å². The molecule has 0 radical (unpaired) electrons. The lowest BCUT2D eigenvalue weighted by Gasteiger charge is -2.24. The van der Waals surface area contributed by atoms with Gasteiger partial charge in [-0.05, 0) is 61.1 Å². The van der Waals surface area contributed by atoms with E-state index in [1.54, 1.807) is 11.8 Å². The maximum atomic E-state index is 12.5. The van der Waals surface area contributed by atoms with Crippen LogP contribution in [0.25, 0.3) is 0 Å². The smallest absolute Gasteiger partial charge is 0.251 e. The van der Waals surface area contributed by atoms with Crippen LogP contribution in [-0.2, 0) is 11.3 Å². The fraction of sp³-hybridized carbons (Fsp3) is 0.333. The van der Waals surface area contributed by atoms with Crippen LogP contribution in [0.4, 0.5) is 0 Å². The van der Waals surface area contributed by atoms with E-state index >= 15 is 0 Å². The number of rotatable bonds is 6. The molecule has 1 atom stereocenters. The number of hydrogen-bond acceptors (Lipinski definition) is 3. The molecule has 1 aliphatic heterocycles. The van der Waals surface area contributed by atoms with Crippen molar-refractivity contribution in [3.05, 3.63) is 81.9 Å². The maximum Gasteiger partial charge on any atom is 0.251 e. The van der Waals surface area contributed by atoms with E-state index < -0.39 is 0 Å². The molecule has 0 spiro atoms.